The number of carbonyl (C=O) groups is 2. The normalized spacial score (nSPS) is 13.9. The Morgan fingerprint density at radius 2 is 1.38 bits per heavy atom. The number of nitrogens with zero attached hydrogens (tertiary/aromatic N) is 3. The number of fused-ring (bicyclic) bond motifs is 3. The van der Waals surface area contributed by atoms with Crippen molar-refractivity contribution in [2.45, 2.75) is 56.7 Å². The van der Waals surface area contributed by atoms with Crippen molar-refractivity contribution in [2.24, 2.45) is 5.11 Å². The largest absolute Gasteiger partial charge is 0.480 e. The summed E-state index contributed by atoms with van der Waals surface area (Å²) in [6.07, 6.45) is -1.27. The SMILES string of the molecule is CC(C)(C)[Si](O[C@H](CCN=[N+]=[N-])C[C@H](NC(=O)OCC1c2ccccc2-c2ccccc21)C(=O)O)(c1ccccc1)c1ccccc1. The molecule has 1 amide bonds. The minimum absolute atomic E-state index is 0.0506. The summed E-state index contributed by atoms with van der Waals surface area (Å²) < 4.78 is 12.9. The van der Waals surface area contributed by atoms with Crippen LogP contribution in [0.25, 0.3) is 21.6 Å². The number of carbonyl (C=O) groups excluding carboxylic acids is 1. The summed E-state index contributed by atoms with van der Waals surface area (Å²) in [5.74, 6) is -1.37. The zero-order valence-corrected chi connectivity index (χ0v) is 27.9. The second-order valence-electron chi connectivity index (χ2n) is 12.7. The van der Waals surface area contributed by atoms with E-state index in [2.05, 4.69) is 72.5 Å². The molecule has 10 heteroatoms. The molecule has 0 saturated carbocycles. The molecule has 1 aliphatic rings. The minimum atomic E-state index is -3.09. The Balaban J connectivity index is 1.39. The highest BCUT2D eigenvalue weighted by Gasteiger charge is 2.51. The van der Waals surface area contributed by atoms with Gasteiger partial charge in [-0.05, 0) is 49.6 Å². The van der Waals surface area contributed by atoms with Crippen LogP contribution in [0, 0.1) is 0 Å². The van der Waals surface area contributed by atoms with Crippen LogP contribution >= 0.6 is 0 Å². The zero-order chi connectivity index (χ0) is 33.4. The Morgan fingerprint density at radius 1 is 0.872 bits per heavy atom. The van der Waals surface area contributed by atoms with E-state index in [1.54, 1.807) is 0 Å². The molecular formula is C37H40N4O5Si. The van der Waals surface area contributed by atoms with Crippen LogP contribution in [-0.2, 0) is 14.0 Å². The Labute approximate surface area is 276 Å². The number of amides is 1. The van der Waals surface area contributed by atoms with Crippen LogP contribution in [0.2, 0.25) is 5.04 Å². The summed E-state index contributed by atoms with van der Waals surface area (Å²) in [5, 5.41) is 18.3. The topological polar surface area (TPSA) is 134 Å². The predicted molar refractivity (Wildman–Crippen MR) is 185 cm³/mol. The van der Waals surface area contributed by atoms with Gasteiger partial charge in [0.05, 0.1) is 0 Å². The maximum absolute atomic E-state index is 13.2. The maximum atomic E-state index is 13.2. The second-order valence-corrected chi connectivity index (χ2v) is 17.0. The molecule has 1 aliphatic carbocycles. The third-order valence-corrected chi connectivity index (χ3v) is 13.9. The van der Waals surface area contributed by atoms with Gasteiger partial charge in [0.1, 0.15) is 12.6 Å². The second kappa shape index (κ2) is 14.7. The molecule has 0 aromatic heterocycles. The van der Waals surface area contributed by atoms with Gasteiger partial charge >= 0.3 is 12.1 Å². The van der Waals surface area contributed by atoms with Crippen LogP contribution in [0.5, 0.6) is 0 Å². The molecule has 0 spiro atoms. The van der Waals surface area contributed by atoms with Gasteiger partial charge in [0.25, 0.3) is 8.32 Å². The lowest BCUT2D eigenvalue weighted by molar-refractivity contribution is -0.140. The minimum Gasteiger partial charge on any atom is -0.480 e. The number of nitrogens with one attached hydrogen (secondary N) is 1. The van der Waals surface area contributed by atoms with E-state index in [9.17, 15) is 14.7 Å². The molecule has 0 heterocycles. The number of azide groups is 1. The monoisotopic (exact) mass is 648 g/mol. The number of carboxylic acid groups (broad SMARTS) is 1. The number of hydrogen-bond acceptors (Lipinski definition) is 5. The summed E-state index contributed by atoms with van der Waals surface area (Å²) in [6, 6.07) is 34.8. The van der Waals surface area contributed by atoms with Crippen LogP contribution in [0.15, 0.2) is 114 Å². The van der Waals surface area contributed by atoms with Crippen molar-refractivity contribution < 1.29 is 23.9 Å². The number of rotatable bonds is 13. The van der Waals surface area contributed by atoms with E-state index in [-0.39, 0.29) is 36.9 Å². The molecule has 0 aliphatic heterocycles. The van der Waals surface area contributed by atoms with Gasteiger partial charge in [-0.15, -0.1) is 0 Å². The number of benzene rings is 4. The summed E-state index contributed by atoms with van der Waals surface area (Å²) >= 11 is 0. The number of hydrogen-bond donors (Lipinski definition) is 2. The number of ether oxygens (including phenoxy) is 1. The van der Waals surface area contributed by atoms with Crippen molar-refractivity contribution >= 4 is 30.8 Å². The molecule has 0 fully saturated rings. The molecule has 5 rings (SSSR count). The first-order valence-corrected chi connectivity index (χ1v) is 17.7. The molecule has 0 radical (unpaired) electrons. The first-order chi connectivity index (χ1) is 22.7. The van der Waals surface area contributed by atoms with Gasteiger partial charge in [-0.3, -0.25) is 0 Å². The van der Waals surface area contributed by atoms with Crippen LogP contribution < -0.4 is 15.7 Å². The molecule has 47 heavy (non-hydrogen) atoms. The van der Waals surface area contributed by atoms with Crippen LogP contribution in [0.1, 0.15) is 50.7 Å². The molecule has 9 nitrogen and oxygen atoms in total. The van der Waals surface area contributed by atoms with Gasteiger partial charge in [-0.1, -0.05) is 135 Å². The third kappa shape index (κ3) is 7.25. The summed E-state index contributed by atoms with van der Waals surface area (Å²) in [6.45, 7) is 6.57. The zero-order valence-electron chi connectivity index (χ0n) is 26.9. The fraction of sp³-hybridized carbons (Fsp3) is 0.297. The molecule has 2 atom stereocenters. The molecule has 242 valence electrons. The Hall–Kier alpha value is -4.89. The Kier molecular flexibility index (Phi) is 10.5. The highest BCUT2D eigenvalue weighted by molar-refractivity contribution is 6.99. The van der Waals surface area contributed by atoms with Gasteiger partial charge in [-0.2, -0.15) is 0 Å². The number of carboxylic acids is 1. The van der Waals surface area contributed by atoms with Crippen molar-refractivity contribution in [3.05, 3.63) is 131 Å². The summed E-state index contributed by atoms with van der Waals surface area (Å²) in [4.78, 5) is 28.7. The molecular weight excluding hydrogens is 609 g/mol. The summed E-state index contributed by atoms with van der Waals surface area (Å²) in [7, 11) is -3.09. The molecule has 4 aromatic rings. The molecule has 2 N–H and O–H groups in total. The average Bonchev–Trinajstić information content (AvgIpc) is 3.39. The van der Waals surface area contributed by atoms with Gasteiger partial charge in [-0.25, -0.2) is 9.59 Å². The van der Waals surface area contributed by atoms with E-state index in [1.165, 1.54) is 0 Å². The number of aliphatic carboxylic acids is 1. The standard InChI is InChI=1S/C37H40N4O5Si/c1-37(2,3)47(27-14-6-4-7-15-27,28-16-8-5-9-17-28)46-26(22-23-39-41-38)24-34(35(42)43)40-36(44)45-25-33-31-20-12-10-18-29(31)30-19-11-13-21-32(30)33/h4-21,26,33-34H,22-25H2,1-3H3,(H,40,44)(H,42,43)/t26-,34+/m1/s1. The predicted octanol–water partition coefficient (Wildman–Crippen LogP) is 7.01. The third-order valence-electron chi connectivity index (χ3n) is 8.81. The van der Waals surface area contributed by atoms with Gasteiger partial charge in [0.2, 0.25) is 0 Å². The van der Waals surface area contributed by atoms with Crippen molar-refractivity contribution in [2.75, 3.05) is 13.2 Å². The van der Waals surface area contributed by atoms with Crippen molar-refractivity contribution in [1.82, 2.24) is 5.32 Å². The van der Waals surface area contributed by atoms with E-state index >= 15 is 0 Å². The fourth-order valence-electron chi connectivity index (χ4n) is 6.68. The highest BCUT2D eigenvalue weighted by atomic mass is 28.4. The van der Waals surface area contributed by atoms with Crippen molar-refractivity contribution in [1.29, 1.82) is 0 Å². The fourth-order valence-corrected chi connectivity index (χ4v) is 11.4. The van der Waals surface area contributed by atoms with Crippen molar-refractivity contribution in [3.8, 4) is 11.1 Å². The lowest BCUT2D eigenvalue weighted by atomic mass is 9.98. The van der Waals surface area contributed by atoms with E-state index in [0.717, 1.165) is 32.6 Å². The average molecular weight is 649 g/mol. The van der Waals surface area contributed by atoms with E-state index in [0.29, 0.717) is 0 Å². The maximum Gasteiger partial charge on any atom is 0.407 e. The van der Waals surface area contributed by atoms with Gasteiger partial charge in [0.15, 0.2) is 0 Å². The quantitative estimate of drug-likeness (QED) is 0.0696. The van der Waals surface area contributed by atoms with Gasteiger partial charge in [0, 0.05) is 29.9 Å². The first-order valence-electron chi connectivity index (χ1n) is 15.8. The van der Waals surface area contributed by atoms with Crippen LogP contribution in [-0.4, -0.2) is 50.8 Å². The number of alkyl carbamates (subject to hydrolysis) is 1. The molecule has 4 aromatic carbocycles. The van der Waals surface area contributed by atoms with E-state index in [4.69, 9.17) is 14.7 Å². The lowest BCUT2D eigenvalue weighted by Crippen LogP contribution is -2.68. The van der Waals surface area contributed by atoms with Crippen molar-refractivity contribution in [3.63, 3.8) is 0 Å². The van der Waals surface area contributed by atoms with E-state index < -0.39 is 32.5 Å². The molecule has 0 unspecified atom stereocenters. The van der Waals surface area contributed by atoms with E-state index in [1.807, 2.05) is 72.8 Å². The summed E-state index contributed by atoms with van der Waals surface area (Å²) in [5.41, 5.74) is 13.3. The van der Waals surface area contributed by atoms with Crippen LogP contribution in [0.4, 0.5) is 4.79 Å². The first kappa shape index (κ1) is 33.5. The Morgan fingerprint density at radius 3 is 1.87 bits per heavy atom. The lowest BCUT2D eigenvalue weighted by Gasteiger charge is -2.45. The smallest absolute Gasteiger partial charge is 0.407 e. The van der Waals surface area contributed by atoms with Gasteiger partial charge < -0.3 is 19.6 Å². The highest BCUT2D eigenvalue weighted by Crippen LogP contribution is 2.44. The van der Waals surface area contributed by atoms with Crippen LogP contribution in [0.3, 0.4) is 0 Å². The molecule has 0 bridgehead atoms. The Bertz CT molecular complexity index is 1650. The molecule has 0 saturated heterocycles.